The Hall–Kier alpha value is -2.02. The first-order valence-corrected chi connectivity index (χ1v) is 10.5. The number of nitrogens with one attached hydrogen (secondary N) is 1. The van der Waals surface area contributed by atoms with Crippen molar-refractivity contribution in [3.8, 4) is 0 Å². The number of amides is 2. The third kappa shape index (κ3) is 5.25. The Bertz CT molecular complexity index is 819. The van der Waals surface area contributed by atoms with Crippen molar-refractivity contribution in [3.63, 3.8) is 0 Å². The molecule has 1 aliphatic rings. The maximum Gasteiger partial charge on any atom is 0.242 e. The van der Waals surface area contributed by atoms with Gasteiger partial charge >= 0.3 is 0 Å². The molecule has 2 aromatic rings. The van der Waals surface area contributed by atoms with Crippen molar-refractivity contribution < 1.29 is 9.59 Å². The molecule has 27 heavy (non-hydrogen) atoms. The lowest BCUT2D eigenvalue weighted by Gasteiger charge is -2.27. The number of imidazole rings is 1. The number of rotatable bonds is 5. The number of para-hydroxylation sites is 2. The van der Waals surface area contributed by atoms with E-state index in [1.807, 2.05) is 54.5 Å². The average Bonchev–Trinajstić information content (AvgIpc) is 2.97. The largest absolute Gasteiger partial charge is 0.351 e. The van der Waals surface area contributed by atoms with Gasteiger partial charge in [0.25, 0.3) is 0 Å². The van der Waals surface area contributed by atoms with Crippen molar-refractivity contribution in [2.75, 3.05) is 18.8 Å². The van der Waals surface area contributed by atoms with Crippen LogP contribution in [-0.2, 0) is 16.1 Å². The lowest BCUT2D eigenvalue weighted by atomic mass is 10.1. The molecule has 0 spiro atoms. The molecule has 0 saturated carbocycles. The lowest BCUT2D eigenvalue weighted by molar-refractivity contribution is -0.132. The lowest BCUT2D eigenvalue weighted by Crippen LogP contribution is -2.41. The standard InChI is InChI=1S/C20H28N4O2S/c1-20(2,3)22-17(25)14-27-19-21-15-9-5-6-10-16(15)24(19)13-18(26)23-11-7-4-8-12-23/h5-6,9-10H,4,7-8,11-14H2,1-3H3,(H,22,25). The van der Waals surface area contributed by atoms with E-state index in [2.05, 4.69) is 10.3 Å². The molecule has 2 heterocycles. The summed E-state index contributed by atoms with van der Waals surface area (Å²) in [5.41, 5.74) is 1.52. The minimum Gasteiger partial charge on any atom is -0.351 e. The molecule has 0 unspecified atom stereocenters. The van der Waals surface area contributed by atoms with Crippen LogP contribution < -0.4 is 5.32 Å². The Labute approximate surface area is 164 Å². The number of piperidine rings is 1. The summed E-state index contributed by atoms with van der Waals surface area (Å²) in [6.45, 7) is 7.82. The van der Waals surface area contributed by atoms with Crippen LogP contribution >= 0.6 is 11.8 Å². The van der Waals surface area contributed by atoms with Gasteiger partial charge in [0.2, 0.25) is 11.8 Å². The molecule has 1 aromatic carbocycles. The number of carbonyl (C=O) groups excluding carboxylic acids is 2. The van der Waals surface area contributed by atoms with Crippen LogP contribution in [0.3, 0.4) is 0 Å². The molecule has 6 nitrogen and oxygen atoms in total. The minimum atomic E-state index is -0.262. The first-order valence-electron chi connectivity index (χ1n) is 9.50. The minimum absolute atomic E-state index is 0.0338. The molecule has 2 amide bonds. The average molecular weight is 389 g/mol. The third-order valence-corrected chi connectivity index (χ3v) is 5.44. The van der Waals surface area contributed by atoms with Crippen molar-refractivity contribution in [2.24, 2.45) is 0 Å². The van der Waals surface area contributed by atoms with Crippen molar-refractivity contribution in [3.05, 3.63) is 24.3 Å². The molecule has 0 bridgehead atoms. The summed E-state index contributed by atoms with van der Waals surface area (Å²) in [7, 11) is 0. The number of nitrogens with zero attached hydrogens (tertiary/aromatic N) is 3. The fourth-order valence-corrected chi connectivity index (χ4v) is 4.09. The van der Waals surface area contributed by atoms with Crippen molar-refractivity contribution in [1.82, 2.24) is 19.8 Å². The maximum atomic E-state index is 12.8. The van der Waals surface area contributed by atoms with Crippen molar-refractivity contribution in [1.29, 1.82) is 0 Å². The monoisotopic (exact) mass is 388 g/mol. The molecule has 1 aromatic heterocycles. The number of hydrogen-bond acceptors (Lipinski definition) is 4. The van der Waals surface area contributed by atoms with E-state index in [1.165, 1.54) is 18.2 Å². The Morgan fingerprint density at radius 1 is 1.15 bits per heavy atom. The molecule has 146 valence electrons. The molecule has 7 heteroatoms. The van der Waals surface area contributed by atoms with Crippen molar-refractivity contribution >= 4 is 34.6 Å². The Balaban J connectivity index is 1.77. The molecule has 0 radical (unpaired) electrons. The highest BCUT2D eigenvalue weighted by Gasteiger charge is 2.21. The van der Waals surface area contributed by atoms with Crippen LogP contribution in [0.15, 0.2) is 29.4 Å². The summed E-state index contributed by atoms with van der Waals surface area (Å²) in [5, 5.41) is 3.68. The maximum absolute atomic E-state index is 12.8. The number of hydrogen-bond donors (Lipinski definition) is 1. The first-order chi connectivity index (χ1) is 12.8. The van der Waals surface area contributed by atoms with Gasteiger partial charge in [0.1, 0.15) is 6.54 Å². The van der Waals surface area contributed by atoms with Crippen LogP contribution in [0.1, 0.15) is 40.0 Å². The zero-order chi connectivity index (χ0) is 19.4. The van der Waals surface area contributed by atoms with Crippen LogP contribution in [0, 0.1) is 0 Å². The van der Waals surface area contributed by atoms with E-state index in [9.17, 15) is 9.59 Å². The van der Waals surface area contributed by atoms with Gasteiger partial charge in [-0.15, -0.1) is 0 Å². The Kier molecular flexibility index (Phi) is 6.09. The molecular weight excluding hydrogens is 360 g/mol. The smallest absolute Gasteiger partial charge is 0.242 e. The zero-order valence-corrected chi connectivity index (χ0v) is 17.1. The summed E-state index contributed by atoms with van der Waals surface area (Å²) in [4.78, 5) is 31.6. The number of thioether (sulfide) groups is 1. The highest BCUT2D eigenvalue weighted by Crippen LogP contribution is 2.24. The summed E-state index contributed by atoms with van der Waals surface area (Å²) >= 11 is 1.38. The van der Waals surface area contributed by atoms with E-state index in [0.717, 1.165) is 37.0 Å². The van der Waals surface area contributed by atoms with Crippen LogP contribution in [0.25, 0.3) is 11.0 Å². The SMILES string of the molecule is CC(C)(C)NC(=O)CSc1nc2ccccc2n1CC(=O)N1CCCCC1. The number of carbonyl (C=O) groups is 2. The normalized spacial score (nSPS) is 15.1. The summed E-state index contributed by atoms with van der Waals surface area (Å²) in [6, 6.07) is 7.81. The van der Waals surface area contributed by atoms with Crippen molar-refractivity contribution in [2.45, 2.75) is 57.3 Å². The van der Waals surface area contributed by atoms with E-state index < -0.39 is 0 Å². The van der Waals surface area contributed by atoms with E-state index in [0.29, 0.717) is 5.16 Å². The fraction of sp³-hybridized carbons (Fsp3) is 0.550. The van der Waals surface area contributed by atoms with Crippen LogP contribution in [-0.4, -0.2) is 50.6 Å². The second-order valence-electron chi connectivity index (χ2n) is 8.00. The van der Waals surface area contributed by atoms with Gasteiger partial charge in [0.15, 0.2) is 5.16 Å². The fourth-order valence-electron chi connectivity index (χ4n) is 3.28. The predicted molar refractivity (Wildman–Crippen MR) is 109 cm³/mol. The third-order valence-electron chi connectivity index (χ3n) is 4.47. The highest BCUT2D eigenvalue weighted by molar-refractivity contribution is 7.99. The highest BCUT2D eigenvalue weighted by atomic mass is 32.2. The van der Waals surface area contributed by atoms with Gasteiger partial charge in [0, 0.05) is 18.6 Å². The van der Waals surface area contributed by atoms with Crippen LogP contribution in [0.5, 0.6) is 0 Å². The molecule has 1 aliphatic heterocycles. The van der Waals surface area contributed by atoms with Gasteiger partial charge in [-0.2, -0.15) is 0 Å². The molecular formula is C20H28N4O2S. The van der Waals surface area contributed by atoms with Crippen LogP contribution in [0.2, 0.25) is 0 Å². The van der Waals surface area contributed by atoms with E-state index in [4.69, 9.17) is 0 Å². The van der Waals surface area contributed by atoms with Gasteiger partial charge in [-0.25, -0.2) is 4.98 Å². The number of likely N-dealkylation sites (tertiary alicyclic amines) is 1. The van der Waals surface area contributed by atoms with Gasteiger partial charge in [-0.1, -0.05) is 23.9 Å². The second kappa shape index (κ2) is 8.33. The number of aromatic nitrogens is 2. The zero-order valence-electron chi connectivity index (χ0n) is 16.3. The molecule has 3 rings (SSSR count). The topological polar surface area (TPSA) is 67.2 Å². The van der Waals surface area contributed by atoms with Gasteiger partial charge in [0.05, 0.1) is 16.8 Å². The molecule has 1 N–H and O–H groups in total. The Morgan fingerprint density at radius 2 is 1.85 bits per heavy atom. The number of benzene rings is 1. The molecule has 1 saturated heterocycles. The van der Waals surface area contributed by atoms with Gasteiger partial charge in [-0.05, 0) is 52.2 Å². The first kappa shape index (κ1) is 19.7. The summed E-state index contributed by atoms with van der Waals surface area (Å²) in [5.74, 6) is 0.366. The number of fused-ring (bicyclic) bond motifs is 1. The van der Waals surface area contributed by atoms with Gasteiger partial charge < -0.3 is 14.8 Å². The predicted octanol–water partition coefficient (Wildman–Crippen LogP) is 3.06. The second-order valence-corrected chi connectivity index (χ2v) is 8.94. The van der Waals surface area contributed by atoms with E-state index in [1.54, 1.807) is 0 Å². The van der Waals surface area contributed by atoms with Crippen LogP contribution in [0.4, 0.5) is 0 Å². The summed E-state index contributed by atoms with van der Waals surface area (Å²) < 4.78 is 1.95. The molecule has 1 fully saturated rings. The summed E-state index contributed by atoms with van der Waals surface area (Å²) in [6.07, 6.45) is 3.35. The Morgan fingerprint density at radius 3 is 2.56 bits per heavy atom. The quantitative estimate of drug-likeness (QED) is 0.800. The van der Waals surface area contributed by atoms with E-state index >= 15 is 0 Å². The molecule has 0 atom stereocenters. The van der Waals surface area contributed by atoms with Gasteiger partial charge in [-0.3, -0.25) is 9.59 Å². The molecule has 0 aliphatic carbocycles. The van der Waals surface area contributed by atoms with E-state index in [-0.39, 0.29) is 29.7 Å².